The van der Waals surface area contributed by atoms with Crippen molar-refractivity contribution in [2.75, 3.05) is 0 Å². The number of rotatable bonds is 0. The largest absolute Gasteiger partial charge is 0.479 e. The molecule has 82 valence electrons. The molecule has 0 saturated heterocycles. The van der Waals surface area contributed by atoms with Crippen molar-refractivity contribution in [3.05, 3.63) is 29.8 Å². The van der Waals surface area contributed by atoms with Crippen molar-refractivity contribution in [2.45, 2.75) is 24.7 Å². The van der Waals surface area contributed by atoms with E-state index in [0.29, 0.717) is 0 Å². The van der Waals surface area contributed by atoms with E-state index >= 15 is 0 Å². The summed E-state index contributed by atoms with van der Waals surface area (Å²) in [6.45, 7) is 0. The molecule has 2 rings (SSSR count). The van der Waals surface area contributed by atoms with Gasteiger partial charge in [-0.05, 0) is 18.1 Å². The Labute approximate surface area is 84.8 Å². The van der Waals surface area contributed by atoms with Crippen LogP contribution in [-0.4, -0.2) is 18.3 Å². The van der Waals surface area contributed by atoms with Crippen molar-refractivity contribution in [3.63, 3.8) is 0 Å². The van der Waals surface area contributed by atoms with Gasteiger partial charge in [0.2, 0.25) is 6.10 Å². The van der Waals surface area contributed by atoms with Gasteiger partial charge in [0, 0.05) is 0 Å². The molecule has 0 aliphatic carbocycles. The van der Waals surface area contributed by atoms with E-state index in [2.05, 4.69) is 0 Å². The topological polar surface area (TPSA) is 35.2 Å². The second-order valence-electron chi connectivity index (χ2n) is 3.56. The van der Waals surface area contributed by atoms with Crippen molar-refractivity contribution in [3.8, 4) is 5.75 Å². The zero-order chi connectivity index (χ0) is 11.1. The zero-order valence-corrected chi connectivity index (χ0v) is 7.79. The van der Waals surface area contributed by atoms with Crippen LogP contribution in [0.5, 0.6) is 5.75 Å². The lowest BCUT2D eigenvalue weighted by atomic mass is 9.97. The normalized spacial score (nSPS) is 25.6. The molecule has 2 N–H and O–H groups in total. The number of nitrogens with two attached hydrogens (primary N) is 1. The lowest BCUT2D eigenvalue weighted by molar-refractivity contribution is -0.203. The highest BCUT2D eigenvalue weighted by Crippen LogP contribution is 2.34. The van der Waals surface area contributed by atoms with E-state index in [1.807, 2.05) is 0 Å². The summed E-state index contributed by atoms with van der Waals surface area (Å²) in [6.07, 6.45) is -6.11. The fraction of sp³-hybridized carbons (Fsp3) is 0.400. The number of fused-ring (bicyclic) bond motifs is 1. The van der Waals surface area contributed by atoms with Gasteiger partial charge in [-0.3, -0.25) is 0 Å². The van der Waals surface area contributed by atoms with Crippen molar-refractivity contribution >= 4 is 0 Å². The summed E-state index contributed by atoms with van der Waals surface area (Å²) in [4.78, 5) is 0. The quantitative estimate of drug-likeness (QED) is 0.720. The first-order valence-electron chi connectivity index (χ1n) is 4.55. The maximum Gasteiger partial charge on any atom is 0.426 e. The first-order valence-corrected chi connectivity index (χ1v) is 4.55. The number of para-hydroxylation sites is 1. The molecule has 0 amide bonds. The molecule has 0 spiro atoms. The third kappa shape index (κ3) is 1.92. The summed E-state index contributed by atoms with van der Waals surface area (Å²) >= 11 is 0. The standard InChI is InChI=1S/C10H10F3NO/c11-10(12,13)9-7(14)5-6-3-1-2-4-8(6)15-9/h1-4,7,9H,5,14H2/t7-,9-/m1/s1. The molecule has 0 fully saturated rings. The SMILES string of the molecule is N[C@@H]1Cc2ccccc2O[C@H]1C(F)(F)F. The molecule has 15 heavy (non-hydrogen) atoms. The van der Waals surface area contributed by atoms with Gasteiger partial charge >= 0.3 is 6.18 Å². The molecule has 0 unspecified atom stereocenters. The summed E-state index contributed by atoms with van der Waals surface area (Å²) in [5.74, 6) is 0.279. The van der Waals surface area contributed by atoms with E-state index < -0.39 is 18.3 Å². The summed E-state index contributed by atoms with van der Waals surface area (Å²) in [6, 6.07) is 5.62. The summed E-state index contributed by atoms with van der Waals surface area (Å²) in [7, 11) is 0. The van der Waals surface area contributed by atoms with Crippen LogP contribution in [0.25, 0.3) is 0 Å². The van der Waals surface area contributed by atoms with Crippen LogP contribution >= 0.6 is 0 Å². The van der Waals surface area contributed by atoms with Crippen molar-refractivity contribution in [1.29, 1.82) is 0 Å². The minimum Gasteiger partial charge on any atom is -0.479 e. The Morgan fingerprint density at radius 1 is 1.27 bits per heavy atom. The highest BCUT2D eigenvalue weighted by Gasteiger charge is 2.47. The molecule has 2 nitrogen and oxygen atoms in total. The molecule has 0 aromatic heterocycles. The Kier molecular flexibility index (Phi) is 2.34. The van der Waals surface area contributed by atoms with Gasteiger partial charge in [-0.25, -0.2) is 0 Å². The van der Waals surface area contributed by atoms with Gasteiger partial charge in [0.1, 0.15) is 5.75 Å². The number of alkyl halides is 3. The highest BCUT2D eigenvalue weighted by atomic mass is 19.4. The van der Waals surface area contributed by atoms with Crippen LogP contribution in [0.3, 0.4) is 0 Å². The Morgan fingerprint density at radius 2 is 1.93 bits per heavy atom. The van der Waals surface area contributed by atoms with E-state index in [0.717, 1.165) is 5.56 Å². The fourth-order valence-corrected chi connectivity index (χ4v) is 1.68. The molecule has 1 aromatic carbocycles. The number of ether oxygens (including phenoxy) is 1. The maximum atomic E-state index is 12.5. The fourth-order valence-electron chi connectivity index (χ4n) is 1.68. The third-order valence-electron chi connectivity index (χ3n) is 2.39. The Morgan fingerprint density at radius 3 is 2.60 bits per heavy atom. The molecule has 5 heteroatoms. The molecule has 0 radical (unpaired) electrons. The van der Waals surface area contributed by atoms with E-state index in [1.54, 1.807) is 18.2 Å². The average Bonchev–Trinajstić information content (AvgIpc) is 2.15. The Balaban J connectivity index is 2.30. The van der Waals surface area contributed by atoms with Gasteiger partial charge < -0.3 is 10.5 Å². The van der Waals surface area contributed by atoms with Gasteiger partial charge in [0.05, 0.1) is 6.04 Å². The summed E-state index contributed by atoms with van der Waals surface area (Å²) < 4.78 is 42.3. The molecule has 1 aliphatic rings. The maximum absolute atomic E-state index is 12.5. The third-order valence-corrected chi connectivity index (χ3v) is 2.39. The molecule has 1 aromatic rings. The predicted molar refractivity (Wildman–Crippen MR) is 48.6 cm³/mol. The second-order valence-corrected chi connectivity index (χ2v) is 3.56. The minimum absolute atomic E-state index is 0.195. The van der Waals surface area contributed by atoms with E-state index in [1.165, 1.54) is 6.07 Å². The van der Waals surface area contributed by atoms with Crippen LogP contribution in [-0.2, 0) is 6.42 Å². The molecular formula is C10H10F3NO. The van der Waals surface area contributed by atoms with Crippen LogP contribution in [0, 0.1) is 0 Å². The molecule has 0 bridgehead atoms. The number of benzene rings is 1. The van der Waals surface area contributed by atoms with Gasteiger partial charge in [0.25, 0.3) is 0 Å². The van der Waals surface area contributed by atoms with Crippen LogP contribution in [0.1, 0.15) is 5.56 Å². The molecular weight excluding hydrogens is 207 g/mol. The number of hydrogen-bond acceptors (Lipinski definition) is 2. The minimum atomic E-state index is -4.41. The predicted octanol–water partition coefficient (Wildman–Crippen LogP) is 1.88. The van der Waals surface area contributed by atoms with Gasteiger partial charge in [-0.15, -0.1) is 0 Å². The van der Waals surface area contributed by atoms with Crippen LogP contribution < -0.4 is 10.5 Å². The molecule has 1 aliphatic heterocycles. The van der Waals surface area contributed by atoms with E-state index in [9.17, 15) is 13.2 Å². The second kappa shape index (κ2) is 3.41. The van der Waals surface area contributed by atoms with Crippen molar-refractivity contribution in [1.82, 2.24) is 0 Å². The first kappa shape index (κ1) is 10.3. The lowest BCUT2D eigenvalue weighted by Gasteiger charge is -2.32. The monoisotopic (exact) mass is 217 g/mol. The lowest BCUT2D eigenvalue weighted by Crippen LogP contribution is -2.52. The number of halogens is 3. The Hall–Kier alpha value is -1.23. The molecule has 2 atom stereocenters. The van der Waals surface area contributed by atoms with E-state index in [4.69, 9.17) is 10.5 Å². The van der Waals surface area contributed by atoms with Crippen LogP contribution in [0.15, 0.2) is 24.3 Å². The smallest absolute Gasteiger partial charge is 0.426 e. The van der Waals surface area contributed by atoms with Crippen molar-refractivity contribution in [2.24, 2.45) is 5.73 Å². The summed E-state index contributed by atoms with van der Waals surface area (Å²) in [5.41, 5.74) is 6.16. The van der Waals surface area contributed by atoms with Crippen LogP contribution in [0.2, 0.25) is 0 Å². The summed E-state index contributed by atoms with van der Waals surface area (Å²) in [5, 5.41) is 0. The van der Waals surface area contributed by atoms with Gasteiger partial charge in [0.15, 0.2) is 0 Å². The molecule has 1 heterocycles. The first-order chi connectivity index (χ1) is 6.98. The number of hydrogen-bond donors (Lipinski definition) is 1. The van der Waals surface area contributed by atoms with Gasteiger partial charge in [-0.2, -0.15) is 13.2 Å². The Bertz CT molecular complexity index is 364. The van der Waals surface area contributed by atoms with Crippen molar-refractivity contribution < 1.29 is 17.9 Å². The van der Waals surface area contributed by atoms with E-state index in [-0.39, 0.29) is 12.2 Å². The zero-order valence-electron chi connectivity index (χ0n) is 7.79. The molecule has 0 saturated carbocycles. The van der Waals surface area contributed by atoms with Gasteiger partial charge in [-0.1, -0.05) is 18.2 Å². The average molecular weight is 217 g/mol. The van der Waals surface area contributed by atoms with Crippen LogP contribution in [0.4, 0.5) is 13.2 Å². The highest BCUT2D eigenvalue weighted by molar-refractivity contribution is 5.36.